The highest BCUT2D eigenvalue weighted by atomic mass is 16.7. The predicted octanol–water partition coefficient (Wildman–Crippen LogP) is 0.784. The highest BCUT2D eigenvalue weighted by molar-refractivity contribution is 5.96. The van der Waals surface area contributed by atoms with Gasteiger partial charge in [-0.2, -0.15) is 0 Å². The lowest BCUT2D eigenvalue weighted by Gasteiger charge is -2.12. The molecule has 0 bridgehead atoms. The molecule has 0 spiro atoms. The van der Waals surface area contributed by atoms with E-state index in [0.29, 0.717) is 23.5 Å². The number of benzene rings is 2. The summed E-state index contributed by atoms with van der Waals surface area (Å²) in [5, 5.41) is 0. The van der Waals surface area contributed by atoms with Crippen LogP contribution in [0.5, 0.6) is 11.5 Å². The minimum Gasteiger partial charge on any atom is -0.454 e. The first-order valence-electron chi connectivity index (χ1n) is 8.26. The Morgan fingerprint density at radius 1 is 0.962 bits per heavy atom. The molecule has 8 heteroatoms. The van der Waals surface area contributed by atoms with Gasteiger partial charge in [0.15, 0.2) is 11.5 Å². The minimum atomic E-state index is -0.447. The van der Waals surface area contributed by atoms with E-state index in [-0.39, 0.29) is 18.7 Å². The van der Waals surface area contributed by atoms with Crippen LogP contribution in [0.2, 0.25) is 0 Å². The molecule has 4 rings (SSSR count). The fourth-order valence-corrected chi connectivity index (χ4v) is 2.95. The van der Waals surface area contributed by atoms with E-state index in [9.17, 15) is 9.59 Å². The number of hydrogen-bond acceptors (Lipinski definition) is 6. The summed E-state index contributed by atoms with van der Waals surface area (Å²) in [4.78, 5) is 24.5. The van der Waals surface area contributed by atoms with Crippen molar-refractivity contribution in [1.29, 1.82) is 0 Å². The number of carbonyl (C=O) groups is 2. The van der Waals surface area contributed by atoms with Crippen LogP contribution < -0.4 is 31.2 Å². The Hall–Kier alpha value is -3.10. The van der Waals surface area contributed by atoms with Gasteiger partial charge in [-0.1, -0.05) is 30.3 Å². The van der Waals surface area contributed by atoms with Gasteiger partial charge in [0.25, 0.3) is 11.8 Å². The first-order valence-corrected chi connectivity index (χ1v) is 8.26. The Morgan fingerprint density at radius 3 is 2.62 bits per heavy atom. The predicted molar refractivity (Wildman–Crippen MR) is 92.0 cm³/mol. The van der Waals surface area contributed by atoms with Gasteiger partial charge in [-0.05, 0) is 30.2 Å². The number of carbonyl (C=O) groups excluding carboxylic acids is 2. The average Bonchev–Trinajstić information content (AvgIpc) is 3.35. The second-order valence-corrected chi connectivity index (χ2v) is 6.05. The van der Waals surface area contributed by atoms with E-state index < -0.39 is 11.9 Å². The number of hydrogen-bond donors (Lipinski definition) is 4. The zero-order valence-electron chi connectivity index (χ0n) is 13.8. The lowest BCUT2D eigenvalue weighted by atomic mass is 10.0. The molecule has 8 nitrogen and oxygen atoms in total. The van der Waals surface area contributed by atoms with Crippen molar-refractivity contribution in [3.63, 3.8) is 0 Å². The maximum atomic E-state index is 12.3. The van der Waals surface area contributed by atoms with Crippen LogP contribution in [0.15, 0.2) is 48.5 Å². The quantitative estimate of drug-likeness (QED) is 0.608. The summed E-state index contributed by atoms with van der Waals surface area (Å²) in [7, 11) is 0. The lowest BCUT2D eigenvalue weighted by Crippen LogP contribution is -2.50. The largest absolute Gasteiger partial charge is 0.454 e. The molecule has 0 aliphatic carbocycles. The smallest absolute Gasteiger partial charge is 0.269 e. The molecule has 2 unspecified atom stereocenters. The van der Waals surface area contributed by atoms with Crippen LogP contribution in [0.1, 0.15) is 28.4 Å². The van der Waals surface area contributed by atoms with Crippen molar-refractivity contribution < 1.29 is 19.1 Å². The van der Waals surface area contributed by atoms with E-state index in [1.165, 1.54) is 0 Å². The Morgan fingerprint density at radius 2 is 1.77 bits per heavy atom. The molecule has 0 radical (unpaired) electrons. The number of ether oxygens (including phenoxy) is 2. The van der Waals surface area contributed by atoms with Gasteiger partial charge in [0.1, 0.15) is 6.04 Å². The highest BCUT2D eigenvalue weighted by Crippen LogP contribution is 2.32. The molecule has 134 valence electrons. The van der Waals surface area contributed by atoms with Gasteiger partial charge in [-0.25, -0.2) is 10.9 Å². The van der Waals surface area contributed by atoms with Crippen LogP contribution >= 0.6 is 0 Å². The maximum Gasteiger partial charge on any atom is 0.269 e. The first kappa shape index (κ1) is 16.4. The summed E-state index contributed by atoms with van der Waals surface area (Å²) in [5.41, 5.74) is 12.4. The first-order chi connectivity index (χ1) is 12.7. The monoisotopic (exact) mass is 354 g/mol. The Labute approximate surface area is 149 Å². The van der Waals surface area contributed by atoms with Gasteiger partial charge in [0, 0.05) is 11.6 Å². The van der Waals surface area contributed by atoms with Crippen molar-refractivity contribution in [1.82, 2.24) is 21.7 Å². The molecular formula is C18H18N4O4. The number of fused-ring (bicyclic) bond motifs is 1. The normalized spacial score (nSPS) is 20.6. The maximum absolute atomic E-state index is 12.3. The van der Waals surface area contributed by atoms with E-state index in [1.54, 1.807) is 18.2 Å². The number of amides is 2. The molecule has 2 aromatic rings. The zero-order chi connectivity index (χ0) is 17.9. The molecular weight excluding hydrogens is 336 g/mol. The summed E-state index contributed by atoms with van der Waals surface area (Å²) in [5.74, 6) is 0.363. The summed E-state index contributed by atoms with van der Waals surface area (Å²) in [6.07, 6.45) is 0.579. The van der Waals surface area contributed by atoms with E-state index in [1.807, 2.05) is 30.3 Å². The molecule has 2 amide bonds. The lowest BCUT2D eigenvalue weighted by molar-refractivity contribution is -0.123. The molecule has 2 heterocycles. The highest BCUT2D eigenvalue weighted by Gasteiger charge is 2.30. The van der Waals surface area contributed by atoms with Crippen LogP contribution in [0.25, 0.3) is 0 Å². The van der Waals surface area contributed by atoms with Gasteiger partial charge in [-0.3, -0.25) is 20.4 Å². The number of hydrazine groups is 2. The zero-order valence-corrected chi connectivity index (χ0v) is 13.8. The van der Waals surface area contributed by atoms with Gasteiger partial charge in [0.2, 0.25) is 6.79 Å². The summed E-state index contributed by atoms with van der Waals surface area (Å²) < 4.78 is 10.4. The Balaban J connectivity index is 1.31. The molecule has 0 saturated carbocycles. The van der Waals surface area contributed by atoms with Crippen LogP contribution in [0, 0.1) is 0 Å². The summed E-state index contributed by atoms with van der Waals surface area (Å²) in [6, 6.07) is 14.3. The van der Waals surface area contributed by atoms with Gasteiger partial charge in [-0.15, -0.1) is 0 Å². The van der Waals surface area contributed by atoms with Crippen molar-refractivity contribution >= 4 is 11.8 Å². The second kappa shape index (κ2) is 7.03. The molecule has 2 atom stereocenters. The molecule has 1 saturated heterocycles. The van der Waals surface area contributed by atoms with Crippen molar-refractivity contribution in [3.05, 3.63) is 59.7 Å². The van der Waals surface area contributed by atoms with Crippen LogP contribution in [-0.4, -0.2) is 24.6 Å². The molecule has 2 aromatic carbocycles. The molecule has 2 aliphatic heterocycles. The molecule has 4 N–H and O–H groups in total. The fourth-order valence-electron chi connectivity index (χ4n) is 2.95. The van der Waals surface area contributed by atoms with Gasteiger partial charge in [0.05, 0.1) is 0 Å². The Bertz CT molecular complexity index is 827. The second-order valence-electron chi connectivity index (χ2n) is 6.05. The summed E-state index contributed by atoms with van der Waals surface area (Å²) in [6.45, 7) is 0.139. The third-order valence-corrected chi connectivity index (χ3v) is 4.36. The number of rotatable bonds is 3. The third-order valence-electron chi connectivity index (χ3n) is 4.36. The van der Waals surface area contributed by atoms with Crippen molar-refractivity contribution in [2.45, 2.75) is 18.5 Å². The van der Waals surface area contributed by atoms with E-state index in [4.69, 9.17) is 9.47 Å². The SMILES string of the molecule is O=C(NNC(=O)C1CC(c2ccccc2)NN1)c1ccc2c(c1)OCO2. The van der Waals surface area contributed by atoms with Crippen LogP contribution in [-0.2, 0) is 4.79 Å². The van der Waals surface area contributed by atoms with E-state index >= 15 is 0 Å². The van der Waals surface area contributed by atoms with Gasteiger partial charge >= 0.3 is 0 Å². The van der Waals surface area contributed by atoms with E-state index in [0.717, 1.165) is 5.56 Å². The molecule has 2 aliphatic rings. The standard InChI is InChI=1S/C18H18N4O4/c23-17(12-6-7-15-16(8-12)26-10-25-15)21-22-18(24)14-9-13(19-20-14)11-4-2-1-3-5-11/h1-8,13-14,19-20H,9-10H2,(H,21,23)(H,22,24). The molecule has 26 heavy (non-hydrogen) atoms. The summed E-state index contributed by atoms with van der Waals surface area (Å²) >= 11 is 0. The van der Waals surface area contributed by atoms with Crippen molar-refractivity contribution in [2.24, 2.45) is 0 Å². The van der Waals surface area contributed by atoms with Crippen molar-refractivity contribution in [3.8, 4) is 11.5 Å². The molecule has 0 aromatic heterocycles. The van der Waals surface area contributed by atoms with Crippen LogP contribution in [0.4, 0.5) is 0 Å². The van der Waals surface area contributed by atoms with Gasteiger partial charge < -0.3 is 9.47 Å². The van der Waals surface area contributed by atoms with E-state index in [2.05, 4.69) is 21.7 Å². The third kappa shape index (κ3) is 3.32. The van der Waals surface area contributed by atoms with Crippen molar-refractivity contribution in [2.75, 3.05) is 6.79 Å². The topological polar surface area (TPSA) is 101 Å². The average molecular weight is 354 g/mol. The molecule has 1 fully saturated rings. The minimum absolute atomic E-state index is 0.0384. The Kier molecular flexibility index (Phi) is 4.42. The number of nitrogens with one attached hydrogen (secondary N) is 4. The van der Waals surface area contributed by atoms with Crippen LogP contribution in [0.3, 0.4) is 0 Å². The fraction of sp³-hybridized carbons (Fsp3) is 0.222.